The van der Waals surface area contributed by atoms with E-state index in [0.29, 0.717) is 37.3 Å². The lowest BCUT2D eigenvalue weighted by molar-refractivity contribution is 0.0535. The van der Waals surface area contributed by atoms with E-state index in [1.807, 2.05) is 71.3 Å². The Bertz CT molecular complexity index is 1010. The number of amides is 2. The zero-order valence-corrected chi connectivity index (χ0v) is 18.4. The molecule has 1 fully saturated rings. The van der Waals surface area contributed by atoms with E-state index in [-0.39, 0.29) is 11.8 Å². The van der Waals surface area contributed by atoms with E-state index in [1.165, 1.54) is 0 Å². The SMILES string of the molecule is Cc1nc(CSc2ccc(C(=O)N3CCN(C(=O)c4ccccc4)CC3)cc2)cs1. The number of benzene rings is 2. The molecule has 4 rings (SSSR count). The maximum Gasteiger partial charge on any atom is 0.253 e. The third-order valence-electron chi connectivity index (χ3n) is 5.03. The predicted octanol–water partition coefficient (Wildman–Crippen LogP) is 4.34. The Morgan fingerprint density at radius 3 is 2.00 bits per heavy atom. The third kappa shape index (κ3) is 4.91. The molecule has 30 heavy (non-hydrogen) atoms. The first-order chi connectivity index (χ1) is 14.6. The second-order valence-corrected chi connectivity index (χ2v) is 9.23. The van der Waals surface area contributed by atoms with Crippen molar-refractivity contribution in [3.05, 3.63) is 81.8 Å². The monoisotopic (exact) mass is 437 g/mol. The van der Waals surface area contributed by atoms with Gasteiger partial charge in [-0.1, -0.05) is 18.2 Å². The first kappa shape index (κ1) is 20.6. The number of thiazole rings is 1. The molecule has 5 nitrogen and oxygen atoms in total. The van der Waals surface area contributed by atoms with Gasteiger partial charge in [-0.15, -0.1) is 23.1 Å². The largest absolute Gasteiger partial charge is 0.335 e. The zero-order valence-electron chi connectivity index (χ0n) is 16.8. The fourth-order valence-corrected chi connectivity index (χ4v) is 4.89. The average molecular weight is 438 g/mol. The summed E-state index contributed by atoms with van der Waals surface area (Å²) in [6.45, 7) is 4.23. The molecule has 0 unspecified atom stereocenters. The summed E-state index contributed by atoms with van der Waals surface area (Å²) in [5.74, 6) is 0.877. The van der Waals surface area contributed by atoms with E-state index >= 15 is 0 Å². The molecule has 2 aromatic carbocycles. The quantitative estimate of drug-likeness (QED) is 0.557. The number of nitrogens with zero attached hydrogens (tertiary/aromatic N) is 3. The second-order valence-electron chi connectivity index (χ2n) is 7.12. The second kappa shape index (κ2) is 9.45. The Hall–Kier alpha value is -2.64. The highest BCUT2D eigenvalue weighted by atomic mass is 32.2. The molecule has 0 N–H and O–H groups in total. The standard InChI is InChI=1S/C23H23N3O2S2/c1-17-24-20(15-29-17)16-30-21-9-7-19(8-10-21)23(28)26-13-11-25(12-14-26)22(27)18-5-3-2-4-6-18/h2-10,15H,11-14,16H2,1H3. The summed E-state index contributed by atoms with van der Waals surface area (Å²) in [5.41, 5.74) is 2.47. The minimum Gasteiger partial charge on any atom is -0.335 e. The molecule has 2 heterocycles. The molecule has 0 aliphatic carbocycles. The Labute approximate surface area is 184 Å². The van der Waals surface area contributed by atoms with Crippen molar-refractivity contribution in [2.24, 2.45) is 0 Å². The fraction of sp³-hybridized carbons (Fsp3) is 0.261. The fourth-order valence-electron chi connectivity index (χ4n) is 3.38. The van der Waals surface area contributed by atoms with Crippen LogP contribution in [-0.4, -0.2) is 52.8 Å². The smallest absolute Gasteiger partial charge is 0.253 e. The molecule has 154 valence electrons. The molecule has 0 spiro atoms. The molecular formula is C23H23N3O2S2. The zero-order chi connectivity index (χ0) is 20.9. The number of carbonyl (C=O) groups excluding carboxylic acids is 2. The van der Waals surface area contributed by atoms with Crippen molar-refractivity contribution in [2.45, 2.75) is 17.6 Å². The van der Waals surface area contributed by atoms with Crippen LogP contribution >= 0.6 is 23.1 Å². The number of rotatable bonds is 5. The van der Waals surface area contributed by atoms with Crippen LogP contribution in [0.5, 0.6) is 0 Å². The van der Waals surface area contributed by atoms with E-state index < -0.39 is 0 Å². The van der Waals surface area contributed by atoms with Gasteiger partial charge in [-0.3, -0.25) is 9.59 Å². The van der Waals surface area contributed by atoms with Crippen LogP contribution in [0.4, 0.5) is 0 Å². The van der Waals surface area contributed by atoms with Gasteiger partial charge in [-0.25, -0.2) is 4.98 Å². The molecule has 0 radical (unpaired) electrons. The molecule has 0 atom stereocenters. The summed E-state index contributed by atoms with van der Waals surface area (Å²) in [5, 5.41) is 3.17. The van der Waals surface area contributed by atoms with Gasteiger partial charge in [0.2, 0.25) is 0 Å². The maximum absolute atomic E-state index is 12.8. The number of carbonyl (C=O) groups is 2. The van der Waals surface area contributed by atoms with E-state index in [2.05, 4.69) is 10.4 Å². The normalized spacial score (nSPS) is 14.0. The highest BCUT2D eigenvalue weighted by Crippen LogP contribution is 2.24. The Kier molecular flexibility index (Phi) is 6.50. The summed E-state index contributed by atoms with van der Waals surface area (Å²) in [6.07, 6.45) is 0. The van der Waals surface area contributed by atoms with Crippen molar-refractivity contribution >= 4 is 34.9 Å². The molecule has 7 heteroatoms. The third-order valence-corrected chi connectivity index (χ3v) is 6.90. The summed E-state index contributed by atoms with van der Waals surface area (Å²) in [4.78, 5) is 34.7. The van der Waals surface area contributed by atoms with Gasteiger partial charge in [-0.2, -0.15) is 0 Å². The van der Waals surface area contributed by atoms with Crippen LogP contribution in [0, 0.1) is 6.92 Å². The number of thioether (sulfide) groups is 1. The Balaban J connectivity index is 1.30. The van der Waals surface area contributed by atoms with Crippen LogP contribution in [0.15, 0.2) is 64.9 Å². The van der Waals surface area contributed by atoms with Crippen molar-refractivity contribution in [1.29, 1.82) is 0 Å². The van der Waals surface area contributed by atoms with Crippen LogP contribution < -0.4 is 0 Å². The maximum atomic E-state index is 12.8. The van der Waals surface area contributed by atoms with E-state index in [0.717, 1.165) is 21.3 Å². The number of piperazine rings is 1. The van der Waals surface area contributed by atoms with Crippen molar-refractivity contribution in [3.8, 4) is 0 Å². The molecule has 0 bridgehead atoms. The van der Waals surface area contributed by atoms with E-state index in [4.69, 9.17) is 0 Å². The highest BCUT2D eigenvalue weighted by molar-refractivity contribution is 7.98. The van der Waals surface area contributed by atoms with Gasteiger partial charge in [0.15, 0.2) is 0 Å². The van der Waals surface area contributed by atoms with Gasteiger partial charge in [0.05, 0.1) is 10.7 Å². The van der Waals surface area contributed by atoms with Crippen molar-refractivity contribution in [1.82, 2.24) is 14.8 Å². The van der Waals surface area contributed by atoms with Crippen LogP contribution in [0.1, 0.15) is 31.4 Å². The highest BCUT2D eigenvalue weighted by Gasteiger charge is 2.25. The molecular weight excluding hydrogens is 414 g/mol. The molecule has 0 saturated carbocycles. The summed E-state index contributed by atoms with van der Waals surface area (Å²) in [7, 11) is 0. The van der Waals surface area contributed by atoms with E-state index in [1.54, 1.807) is 23.1 Å². The van der Waals surface area contributed by atoms with Crippen LogP contribution in [0.3, 0.4) is 0 Å². The lowest BCUT2D eigenvalue weighted by Crippen LogP contribution is -2.50. The summed E-state index contributed by atoms with van der Waals surface area (Å²) < 4.78 is 0. The molecule has 2 amide bonds. The lowest BCUT2D eigenvalue weighted by atomic mass is 10.1. The molecule has 1 aliphatic heterocycles. The van der Waals surface area contributed by atoms with Crippen LogP contribution in [0.25, 0.3) is 0 Å². The van der Waals surface area contributed by atoms with Gasteiger partial charge < -0.3 is 9.80 Å². The van der Waals surface area contributed by atoms with Crippen molar-refractivity contribution in [3.63, 3.8) is 0 Å². The van der Waals surface area contributed by atoms with Crippen LogP contribution in [-0.2, 0) is 5.75 Å². The van der Waals surface area contributed by atoms with Gasteiger partial charge >= 0.3 is 0 Å². The minimum absolute atomic E-state index is 0.0217. The molecule has 1 aliphatic rings. The lowest BCUT2D eigenvalue weighted by Gasteiger charge is -2.35. The Morgan fingerprint density at radius 1 is 0.900 bits per heavy atom. The van der Waals surface area contributed by atoms with Gasteiger partial charge in [0, 0.05) is 53.3 Å². The Morgan fingerprint density at radius 2 is 1.47 bits per heavy atom. The van der Waals surface area contributed by atoms with Gasteiger partial charge in [0.1, 0.15) is 0 Å². The molecule has 3 aromatic rings. The van der Waals surface area contributed by atoms with Gasteiger partial charge in [-0.05, 0) is 43.3 Å². The predicted molar refractivity (Wildman–Crippen MR) is 121 cm³/mol. The average Bonchev–Trinajstić information content (AvgIpc) is 3.23. The van der Waals surface area contributed by atoms with Crippen LogP contribution in [0.2, 0.25) is 0 Å². The molecule has 1 saturated heterocycles. The molecule has 1 aromatic heterocycles. The summed E-state index contributed by atoms with van der Waals surface area (Å²) >= 11 is 3.38. The number of hydrogen-bond donors (Lipinski definition) is 0. The van der Waals surface area contributed by atoms with E-state index in [9.17, 15) is 9.59 Å². The van der Waals surface area contributed by atoms with Crippen molar-refractivity contribution in [2.75, 3.05) is 26.2 Å². The first-order valence-electron chi connectivity index (χ1n) is 9.87. The summed E-state index contributed by atoms with van der Waals surface area (Å²) in [6, 6.07) is 17.1. The first-order valence-corrected chi connectivity index (χ1v) is 11.7. The number of aryl methyl sites for hydroxylation is 1. The van der Waals surface area contributed by atoms with Gasteiger partial charge in [0.25, 0.3) is 11.8 Å². The number of aromatic nitrogens is 1. The number of hydrogen-bond acceptors (Lipinski definition) is 5. The minimum atomic E-state index is 0.0217. The topological polar surface area (TPSA) is 53.5 Å². The van der Waals surface area contributed by atoms with Crippen molar-refractivity contribution < 1.29 is 9.59 Å².